The standard InChI is InChI=1S/C15H23BrO/c1-10-5-6-12-14(3,4)13(16)7-8-15(12,9-17)11(10)2/h9,11-13H,1,5-8H2,2-4H3/t11-,12-,13+,15+/m1/s1. The zero-order chi connectivity index (χ0) is 12.8. The molecule has 2 aliphatic rings. The van der Waals surface area contributed by atoms with Gasteiger partial charge in [0.05, 0.1) is 0 Å². The number of carbonyl (C=O) groups excluding carboxylic acids is 1. The third-order valence-electron chi connectivity index (χ3n) is 5.58. The lowest BCUT2D eigenvalue weighted by Gasteiger charge is -2.57. The lowest BCUT2D eigenvalue weighted by molar-refractivity contribution is -0.133. The Morgan fingerprint density at radius 3 is 2.65 bits per heavy atom. The predicted molar refractivity (Wildman–Crippen MR) is 75.3 cm³/mol. The number of alkyl halides is 1. The molecule has 2 fully saturated rings. The van der Waals surface area contributed by atoms with Crippen molar-refractivity contribution < 1.29 is 4.79 Å². The van der Waals surface area contributed by atoms with E-state index in [0.29, 0.717) is 16.7 Å². The Balaban J connectivity index is 2.44. The van der Waals surface area contributed by atoms with Gasteiger partial charge in [0.25, 0.3) is 0 Å². The van der Waals surface area contributed by atoms with E-state index in [1.165, 1.54) is 11.9 Å². The largest absolute Gasteiger partial charge is 0.303 e. The number of halogens is 1. The van der Waals surface area contributed by atoms with E-state index in [1.54, 1.807) is 0 Å². The second-order valence-corrected chi connectivity index (χ2v) is 7.63. The van der Waals surface area contributed by atoms with Crippen molar-refractivity contribution in [3.05, 3.63) is 12.2 Å². The molecule has 0 amide bonds. The van der Waals surface area contributed by atoms with Crippen molar-refractivity contribution in [2.24, 2.45) is 22.7 Å². The topological polar surface area (TPSA) is 17.1 Å². The van der Waals surface area contributed by atoms with Crippen molar-refractivity contribution in [2.45, 2.75) is 51.3 Å². The first-order valence-corrected chi connectivity index (χ1v) is 7.56. The number of hydrogen-bond donors (Lipinski definition) is 0. The molecule has 96 valence electrons. The molecule has 0 radical (unpaired) electrons. The smallest absolute Gasteiger partial charge is 0.127 e. The second-order valence-electron chi connectivity index (χ2n) is 6.53. The highest BCUT2D eigenvalue weighted by atomic mass is 79.9. The zero-order valence-electron chi connectivity index (χ0n) is 11.1. The lowest BCUT2D eigenvalue weighted by atomic mass is 9.48. The van der Waals surface area contributed by atoms with Crippen molar-refractivity contribution in [3.8, 4) is 0 Å². The van der Waals surface area contributed by atoms with E-state index in [4.69, 9.17) is 0 Å². The number of fused-ring (bicyclic) bond motifs is 1. The molecule has 2 heteroatoms. The van der Waals surface area contributed by atoms with Crippen LogP contribution in [-0.4, -0.2) is 11.1 Å². The van der Waals surface area contributed by atoms with Gasteiger partial charge in [0.1, 0.15) is 6.29 Å². The summed E-state index contributed by atoms with van der Waals surface area (Å²) in [6.45, 7) is 11.0. The van der Waals surface area contributed by atoms with Gasteiger partial charge in [0.2, 0.25) is 0 Å². The molecular formula is C15H23BrO. The van der Waals surface area contributed by atoms with Crippen LogP contribution >= 0.6 is 15.9 Å². The van der Waals surface area contributed by atoms with Crippen LogP contribution in [0.2, 0.25) is 0 Å². The fourth-order valence-electron chi connectivity index (χ4n) is 4.16. The summed E-state index contributed by atoms with van der Waals surface area (Å²) in [5, 5.41) is 0. The van der Waals surface area contributed by atoms with Gasteiger partial charge in [-0.05, 0) is 42.9 Å². The van der Waals surface area contributed by atoms with Crippen LogP contribution in [-0.2, 0) is 4.79 Å². The maximum Gasteiger partial charge on any atom is 0.127 e. The number of carbonyl (C=O) groups is 1. The summed E-state index contributed by atoms with van der Waals surface area (Å²) in [6.07, 6.45) is 5.58. The molecule has 0 N–H and O–H groups in total. The van der Waals surface area contributed by atoms with E-state index in [-0.39, 0.29) is 10.8 Å². The zero-order valence-corrected chi connectivity index (χ0v) is 12.7. The van der Waals surface area contributed by atoms with Gasteiger partial charge in [-0.2, -0.15) is 0 Å². The van der Waals surface area contributed by atoms with Crippen molar-refractivity contribution in [1.29, 1.82) is 0 Å². The van der Waals surface area contributed by atoms with Gasteiger partial charge in [0.15, 0.2) is 0 Å². The minimum atomic E-state index is -0.150. The van der Waals surface area contributed by atoms with Crippen molar-refractivity contribution in [2.75, 3.05) is 0 Å². The van der Waals surface area contributed by atoms with E-state index in [2.05, 4.69) is 43.3 Å². The molecule has 2 rings (SSSR count). The number of hydrogen-bond acceptors (Lipinski definition) is 1. The monoisotopic (exact) mass is 298 g/mol. The number of rotatable bonds is 1. The molecule has 4 atom stereocenters. The molecule has 2 aliphatic carbocycles. The van der Waals surface area contributed by atoms with Crippen LogP contribution in [0.15, 0.2) is 12.2 Å². The Labute approximate surface area is 113 Å². The Morgan fingerprint density at radius 1 is 1.41 bits per heavy atom. The molecule has 0 aromatic rings. The lowest BCUT2D eigenvalue weighted by Crippen LogP contribution is -2.54. The molecule has 1 nitrogen and oxygen atoms in total. The summed E-state index contributed by atoms with van der Waals surface area (Å²) in [4.78, 5) is 12.3. The fraction of sp³-hybridized carbons (Fsp3) is 0.800. The summed E-state index contributed by atoms with van der Waals surface area (Å²) in [5.74, 6) is 0.837. The molecule has 2 saturated carbocycles. The van der Waals surface area contributed by atoms with Crippen LogP contribution in [0.5, 0.6) is 0 Å². The molecular weight excluding hydrogens is 276 g/mol. The van der Waals surface area contributed by atoms with E-state index < -0.39 is 0 Å². The SMILES string of the molecule is C=C1CC[C@@H]2C(C)(C)[C@@H](Br)CC[C@]2(C=O)[C@@H]1C. The van der Waals surface area contributed by atoms with Gasteiger partial charge in [0, 0.05) is 10.2 Å². The molecule has 0 saturated heterocycles. The maximum atomic E-state index is 11.8. The Kier molecular flexibility index (Phi) is 3.31. The summed E-state index contributed by atoms with van der Waals surface area (Å²) in [5.41, 5.74) is 1.33. The third kappa shape index (κ3) is 1.75. The molecule has 0 aromatic carbocycles. The van der Waals surface area contributed by atoms with Gasteiger partial charge in [-0.1, -0.05) is 48.9 Å². The van der Waals surface area contributed by atoms with Gasteiger partial charge in [-0.15, -0.1) is 0 Å². The van der Waals surface area contributed by atoms with Crippen LogP contribution in [0.25, 0.3) is 0 Å². The van der Waals surface area contributed by atoms with E-state index >= 15 is 0 Å². The average Bonchev–Trinajstić information content (AvgIpc) is 2.29. The van der Waals surface area contributed by atoms with Crippen LogP contribution in [0.1, 0.15) is 46.5 Å². The second kappa shape index (κ2) is 4.22. The maximum absolute atomic E-state index is 11.8. The van der Waals surface area contributed by atoms with Gasteiger partial charge >= 0.3 is 0 Å². The molecule has 0 unspecified atom stereocenters. The first-order valence-electron chi connectivity index (χ1n) is 6.64. The highest BCUT2D eigenvalue weighted by Crippen LogP contribution is 2.61. The summed E-state index contributed by atoms with van der Waals surface area (Å²) in [7, 11) is 0. The quantitative estimate of drug-likeness (QED) is 0.399. The summed E-state index contributed by atoms with van der Waals surface area (Å²) >= 11 is 3.82. The molecule has 0 spiro atoms. The Morgan fingerprint density at radius 2 is 2.06 bits per heavy atom. The van der Waals surface area contributed by atoms with Crippen molar-refractivity contribution >= 4 is 22.2 Å². The Hall–Kier alpha value is -0.110. The van der Waals surface area contributed by atoms with Crippen LogP contribution in [0.4, 0.5) is 0 Å². The normalized spacial score (nSPS) is 45.2. The highest BCUT2D eigenvalue weighted by Gasteiger charge is 2.57. The molecule has 0 heterocycles. The molecule has 0 aliphatic heterocycles. The average molecular weight is 299 g/mol. The minimum absolute atomic E-state index is 0.150. The van der Waals surface area contributed by atoms with E-state index in [1.807, 2.05) is 0 Å². The third-order valence-corrected chi connectivity index (χ3v) is 7.21. The van der Waals surface area contributed by atoms with Crippen LogP contribution in [0.3, 0.4) is 0 Å². The minimum Gasteiger partial charge on any atom is -0.303 e. The number of allylic oxidation sites excluding steroid dienone is 1. The summed E-state index contributed by atoms with van der Waals surface area (Å²) in [6, 6.07) is 0. The van der Waals surface area contributed by atoms with Gasteiger partial charge in [-0.25, -0.2) is 0 Å². The first-order chi connectivity index (χ1) is 7.86. The number of aldehydes is 1. The van der Waals surface area contributed by atoms with Crippen molar-refractivity contribution in [1.82, 2.24) is 0 Å². The van der Waals surface area contributed by atoms with E-state index in [0.717, 1.165) is 25.7 Å². The van der Waals surface area contributed by atoms with E-state index in [9.17, 15) is 4.79 Å². The Bertz CT molecular complexity index is 347. The molecule has 0 bridgehead atoms. The fourth-order valence-corrected chi connectivity index (χ4v) is 4.71. The van der Waals surface area contributed by atoms with Crippen molar-refractivity contribution in [3.63, 3.8) is 0 Å². The highest BCUT2D eigenvalue weighted by molar-refractivity contribution is 9.09. The molecule has 0 aromatic heterocycles. The summed E-state index contributed by atoms with van der Waals surface area (Å²) < 4.78 is 0. The van der Waals surface area contributed by atoms with Crippen LogP contribution in [0, 0.1) is 22.7 Å². The van der Waals surface area contributed by atoms with Gasteiger partial charge < -0.3 is 4.79 Å². The predicted octanol–water partition coefficient (Wildman–Crippen LogP) is 4.36. The molecule has 17 heavy (non-hydrogen) atoms. The van der Waals surface area contributed by atoms with Gasteiger partial charge in [-0.3, -0.25) is 0 Å². The van der Waals surface area contributed by atoms with Crippen LogP contribution < -0.4 is 0 Å². The first kappa shape index (κ1) is 13.3.